The molecule has 0 radical (unpaired) electrons. The number of alkyl halides is 3. The minimum absolute atomic E-state index is 0.0752. The second-order valence-corrected chi connectivity index (χ2v) is 5.12. The molecule has 0 heterocycles. The Morgan fingerprint density at radius 2 is 2.06 bits per heavy atom. The fourth-order valence-corrected chi connectivity index (χ4v) is 2.18. The zero-order chi connectivity index (χ0) is 14.1. The van der Waals surface area contributed by atoms with Crippen LogP contribution in [-0.2, 0) is 14.3 Å². The maximum atomic E-state index is 12.4. The number of methoxy groups -OCH3 is 1. The first-order chi connectivity index (χ1) is 8.06. The van der Waals surface area contributed by atoms with Crippen molar-refractivity contribution in [2.75, 3.05) is 7.11 Å². The van der Waals surface area contributed by atoms with E-state index in [4.69, 9.17) is 0 Å². The molecule has 0 spiro atoms. The van der Waals surface area contributed by atoms with E-state index in [0.29, 0.717) is 0 Å². The lowest BCUT2D eigenvalue weighted by atomic mass is 9.72. The predicted molar refractivity (Wildman–Crippen MR) is 57.7 cm³/mol. The van der Waals surface area contributed by atoms with Gasteiger partial charge in [0.1, 0.15) is 0 Å². The molecule has 0 saturated carbocycles. The fourth-order valence-electron chi connectivity index (χ4n) is 2.18. The Morgan fingerprint density at radius 3 is 2.50 bits per heavy atom. The largest absolute Gasteiger partial charge is 0.465 e. The molecule has 0 aliphatic heterocycles. The number of ether oxygens (including phenoxy) is 1. The highest BCUT2D eigenvalue weighted by Gasteiger charge is 2.43. The van der Waals surface area contributed by atoms with E-state index in [1.807, 2.05) is 0 Å². The van der Waals surface area contributed by atoms with Crippen LogP contribution in [0.3, 0.4) is 0 Å². The zero-order valence-electron chi connectivity index (χ0n) is 10.4. The molecule has 0 aromatic rings. The van der Waals surface area contributed by atoms with E-state index >= 15 is 0 Å². The van der Waals surface area contributed by atoms with Gasteiger partial charge in [-0.1, -0.05) is 19.9 Å². The molecule has 1 atom stereocenters. The van der Waals surface area contributed by atoms with Gasteiger partial charge >= 0.3 is 12.1 Å². The quantitative estimate of drug-likeness (QED) is 0.569. The third kappa shape index (κ3) is 3.58. The number of ketones is 1. The Balaban J connectivity index is 3.04. The van der Waals surface area contributed by atoms with Crippen LogP contribution >= 0.6 is 0 Å². The van der Waals surface area contributed by atoms with Gasteiger partial charge in [0.2, 0.25) is 0 Å². The van der Waals surface area contributed by atoms with Crippen molar-refractivity contribution in [2.24, 2.45) is 11.3 Å². The molecular formula is C12H15F3O3. The number of hydrogen-bond donors (Lipinski definition) is 0. The van der Waals surface area contributed by atoms with Gasteiger partial charge in [0, 0.05) is 5.92 Å². The van der Waals surface area contributed by atoms with Crippen LogP contribution in [0.4, 0.5) is 13.2 Å². The molecule has 0 saturated heterocycles. The molecule has 0 amide bonds. The van der Waals surface area contributed by atoms with Crippen LogP contribution < -0.4 is 0 Å². The lowest BCUT2D eigenvalue weighted by molar-refractivity contribution is -0.156. The van der Waals surface area contributed by atoms with Gasteiger partial charge in [0.15, 0.2) is 5.78 Å². The van der Waals surface area contributed by atoms with Gasteiger partial charge in [-0.25, -0.2) is 4.79 Å². The summed E-state index contributed by atoms with van der Waals surface area (Å²) >= 11 is 0. The number of halogens is 3. The summed E-state index contributed by atoms with van der Waals surface area (Å²) in [7, 11) is 1.09. The molecule has 0 aromatic heterocycles. The molecular weight excluding hydrogens is 249 g/mol. The normalized spacial score (nSPS) is 23.6. The zero-order valence-corrected chi connectivity index (χ0v) is 10.4. The number of carbonyl (C=O) groups is 2. The molecule has 1 aliphatic carbocycles. The molecule has 102 valence electrons. The fraction of sp³-hybridized carbons (Fsp3) is 0.667. The van der Waals surface area contributed by atoms with Gasteiger partial charge in [0.05, 0.1) is 19.1 Å². The van der Waals surface area contributed by atoms with Crippen LogP contribution in [0.1, 0.15) is 26.7 Å². The third-order valence-corrected chi connectivity index (χ3v) is 2.83. The maximum absolute atomic E-state index is 12.4. The van der Waals surface area contributed by atoms with Crippen molar-refractivity contribution in [3.8, 4) is 0 Å². The van der Waals surface area contributed by atoms with Crippen molar-refractivity contribution in [1.82, 2.24) is 0 Å². The molecule has 0 aromatic carbocycles. The average Bonchev–Trinajstić information content (AvgIpc) is 2.19. The molecule has 0 fully saturated rings. The molecule has 1 unspecified atom stereocenters. The smallest absolute Gasteiger partial charge is 0.389 e. The monoisotopic (exact) mass is 264 g/mol. The van der Waals surface area contributed by atoms with Gasteiger partial charge < -0.3 is 4.74 Å². The highest BCUT2D eigenvalue weighted by atomic mass is 19.4. The summed E-state index contributed by atoms with van der Waals surface area (Å²) in [6, 6.07) is 0. The molecule has 0 N–H and O–H groups in total. The predicted octanol–water partition coefficient (Wildman–Crippen LogP) is 2.65. The minimum Gasteiger partial charge on any atom is -0.465 e. The van der Waals surface area contributed by atoms with E-state index in [2.05, 4.69) is 4.74 Å². The van der Waals surface area contributed by atoms with E-state index in [0.717, 1.165) is 7.11 Å². The Hall–Kier alpha value is -1.33. The number of esters is 1. The van der Waals surface area contributed by atoms with Crippen LogP contribution in [0.5, 0.6) is 0 Å². The summed E-state index contributed by atoms with van der Waals surface area (Å²) in [4.78, 5) is 23.2. The second-order valence-electron chi connectivity index (χ2n) is 5.12. The highest BCUT2D eigenvalue weighted by Crippen LogP contribution is 2.40. The van der Waals surface area contributed by atoms with Gasteiger partial charge in [0.25, 0.3) is 0 Å². The van der Waals surface area contributed by atoms with E-state index in [1.54, 1.807) is 13.8 Å². The third-order valence-electron chi connectivity index (χ3n) is 2.83. The Labute approximate surface area is 103 Å². The summed E-state index contributed by atoms with van der Waals surface area (Å²) in [6.07, 6.45) is -4.15. The lowest BCUT2D eigenvalue weighted by Gasteiger charge is -2.32. The number of rotatable bonds is 2. The Bertz CT molecular complexity index is 394. The first-order valence-corrected chi connectivity index (χ1v) is 5.48. The number of hydrogen-bond acceptors (Lipinski definition) is 3. The van der Waals surface area contributed by atoms with E-state index in [1.165, 1.54) is 6.08 Å². The van der Waals surface area contributed by atoms with Crippen LogP contribution in [0, 0.1) is 11.3 Å². The standard InChI is InChI=1S/C12H15F3O3/c1-11(2)4-7(5-12(13,14)15)9(16)8(6-11)10(17)18-3/h6-7H,4-5H2,1-3H3. The van der Waals surface area contributed by atoms with Crippen molar-refractivity contribution in [2.45, 2.75) is 32.9 Å². The summed E-state index contributed by atoms with van der Waals surface area (Å²) in [5.41, 5.74) is -0.907. The van der Waals surface area contributed by atoms with Gasteiger partial charge in [-0.3, -0.25) is 4.79 Å². The molecule has 6 heteroatoms. The first kappa shape index (κ1) is 14.7. The Morgan fingerprint density at radius 1 is 1.50 bits per heavy atom. The van der Waals surface area contributed by atoms with Crippen molar-refractivity contribution in [3.05, 3.63) is 11.6 Å². The topological polar surface area (TPSA) is 43.4 Å². The van der Waals surface area contributed by atoms with Gasteiger partial charge in [-0.15, -0.1) is 0 Å². The van der Waals surface area contributed by atoms with Gasteiger partial charge in [-0.2, -0.15) is 13.2 Å². The summed E-state index contributed by atoms with van der Waals surface area (Å²) < 4.78 is 41.6. The minimum atomic E-state index is -4.42. The van der Waals surface area contributed by atoms with Crippen LogP contribution in [0.15, 0.2) is 11.6 Å². The molecule has 1 rings (SSSR count). The summed E-state index contributed by atoms with van der Waals surface area (Å²) in [5.74, 6) is -2.86. The molecule has 1 aliphatic rings. The number of allylic oxidation sites excluding steroid dienone is 1. The number of carbonyl (C=O) groups excluding carboxylic acids is 2. The van der Waals surface area contributed by atoms with Crippen molar-refractivity contribution >= 4 is 11.8 Å². The maximum Gasteiger partial charge on any atom is 0.389 e. The summed E-state index contributed by atoms with van der Waals surface area (Å²) in [6.45, 7) is 3.37. The van der Waals surface area contributed by atoms with Crippen molar-refractivity contribution < 1.29 is 27.5 Å². The summed E-state index contributed by atoms with van der Waals surface area (Å²) in [5, 5.41) is 0. The highest BCUT2D eigenvalue weighted by molar-refractivity contribution is 6.18. The van der Waals surface area contributed by atoms with Gasteiger partial charge in [-0.05, 0) is 11.8 Å². The van der Waals surface area contributed by atoms with Crippen LogP contribution in [0.25, 0.3) is 0 Å². The first-order valence-electron chi connectivity index (χ1n) is 5.48. The SMILES string of the molecule is COC(=O)C1=CC(C)(C)CC(CC(F)(F)F)C1=O. The lowest BCUT2D eigenvalue weighted by Crippen LogP contribution is -2.35. The number of Topliss-reactive ketones (excluding diaryl/α,β-unsaturated/α-hetero) is 1. The van der Waals surface area contributed by atoms with Crippen molar-refractivity contribution in [3.63, 3.8) is 0 Å². The molecule has 0 bridgehead atoms. The average molecular weight is 264 g/mol. The van der Waals surface area contributed by atoms with Crippen LogP contribution in [-0.4, -0.2) is 25.0 Å². The molecule has 18 heavy (non-hydrogen) atoms. The van der Waals surface area contributed by atoms with E-state index < -0.39 is 35.7 Å². The Kier molecular flexibility index (Phi) is 3.88. The van der Waals surface area contributed by atoms with Crippen LogP contribution in [0.2, 0.25) is 0 Å². The van der Waals surface area contributed by atoms with Crippen molar-refractivity contribution in [1.29, 1.82) is 0 Å². The van der Waals surface area contributed by atoms with E-state index in [-0.39, 0.29) is 12.0 Å². The molecule has 3 nitrogen and oxygen atoms in total. The van der Waals surface area contributed by atoms with E-state index in [9.17, 15) is 22.8 Å². The second kappa shape index (κ2) is 4.74.